The van der Waals surface area contributed by atoms with E-state index < -0.39 is 0 Å². The van der Waals surface area contributed by atoms with Crippen LogP contribution < -0.4 is 4.74 Å². The molecule has 2 aromatic rings. The first-order valence-electron chi connectivity index (χ1n) is 7.59. The molecule has 0 bridgehead atoms. The highest BCUT2D eigenvalue weighted by Gasteiger charge is 2.19. The molecule has 0 atom stereocenters. The molecule has 0 aliphatic carbocycles. The molecule has 23 heavy (non-hydrogen) atoms. The summed E-state index contributed by atoms with van der Waals surface area (Å²) in [5.41, 5.74) is 1.66. The van der Waals surface area contributed by atoms with Crippen molar-refractivity contribution in [2.24, 2.45) is 0 Å². The molecular weight excluding hydrogens is 361 g/mol. The van der Waals surface area contributed by atoms with E-state index in [-0.39, 0.29) is 11.7 Å². The smallest absolute Gasteiger partial charge is 0.253 e. The van der Waals surface area contributed by atoms with Crippen LogP contribution in [0.15, 0.2) is 46.9 Å². The van der Waals surface area contributed by atoms with E-state index in [0.717, 1.165) is 31.5 Å². The van der Waals surface area contributed by atoms with Gasteiger partial charge in [-0.1, -0.05) is 12.1 Å². The number of benzene rings is 2. The van der Waals surface area contributed by atoms with E-state index in [0.29, 0.717) is 22.4 Å². The Morgan fingerprint density at radius 3 is 2.48 bits per heavy atom. The predicted octanol–water partition coefficient (Wildman–Crippen LogP) is 4.40. The van der Waals surface area contributed by atoms with E-state index in [9.17, 15) is 9.18 Å². The van der Waals surface area contributed by atoms with Gasteiger partial charge in [-0.05, 0) is 64.7 Å². The van der Waals surface area contributed by atoms with Gasteiger partial charge in [0.15, 0.2) is 0 Å². The summed E-state index contributed by atoms with van der Waals surface area (Å²) in [5.74, 6) is 0.369. The molecular formula is C18H17BrFNO2. The summed E-state index contributed by atoms with van der Waals surface area (Å²) < 4.78 is 19.3. The molecule has 0 unspecified atom stereocenters. The lowest BCUT2D eigenvalue weighted by molar-refractivity contribution is 0.0793. The third-order valence-electron chi connectivity index (χ3n) is 3.88. The minimum Gasteiger partial charge on any atom is -0.488 e. The van der Waals surface area contributed by atoms with Crippen LogP contribution in [0, 0.1) is 5.82 Å². The largest absolute Gasteiger partial charge is 0.488 e. The molecule has 3 rings (SSSR count). The van der Waals surface area contributed by atoms with Crippen molar-refractivity contribution >= 4 is 21.8 Å². The highest BCUT2D eigenvalue weighted by atomic mass is 79.9. The van der Waals surface area contributed by atoms with E-state index in [1.165, 1.54) is 12.1 Å². The highest BCUT2D eigenvalue weighted by molar-refractivity contribution is 9.10. The minimum atomic E-state index is -0.311. The van der Waals surface area contributed by atoms with Gasteiger partial charge >= 0.3 is 0 Å². The number of hydrogen-bond donors (Lipinski definition) is 0. The lowest BCUT2D eigenvalue weighted by Crippen LogP contribution is -2.27. The zero-order valence-corrected chi connectivity index (χ0v) is 14.2. The van der Waals surface area contributed by atoms with E-state index in [1.54, 1.807) is 6.07 Å². The molecule has 1 saturated heterocycles. The summed E-state index contributed by atoms with van der Waals surface area (Å²) >= 11 is 3.27. The second kappa shape index (κ2) is 7.13. The summed E-state index contributed by atoms with van der Waals surface area (Å²) in [7, 11) is 0. The maximum absolute atomic E-state index is 13.0. The van der Waals surface area contributed by atoms with Crippen LogP contribution in [0.5, 0.6) is 5.75 Å². The number of hydrogen-bond acceptors (Lipinski definition) is 2. The SMILES string of the molecule is O=C(c1ccc(COc2ccc(F)cc2Br)cc1)N1CCCC1. The fourth-order valence-electron chi connectivity index (χ4n) is 2.60. The number of likely N-dealkylation sites (tertiary alicyclic amines) is 1. The summed E-state index contributed by atoms with van der Waals surface area (Å²) in [6, 6.07) is 11.8. The second-order valence-corrected chi connectivity index (χ2v) is 6.41. The van der Waals surface area contributed by atoms with E-state index >= 15 is 0 Å². The Hall–Kier alpha value is -1.88. The fourth-order valence-corrected chi connectivity index (χ4v) is 3.07. The van der Waals surface area contributed by atoms with Gasteiger partial charge in [0.25, 0.3) is 5.91 Å². The predicted molar refractivity (Wildman–Crippen MR) is 90.0 cm³/mol. The van der Waals surface area contributed by atoms with Gasteiger partial charge in [-0.25, -0.2) is 4.39 Å². The number of rotatable bonds is 4. The number of ether oxygens (including phenoxy) is 1. The average Bonchev–Trinajstić information content (AvgIpc) is 3.08. The number of halogens is 2. The van der Waals surface area contributed by atoms with Gasteiger partial charge in [-0.2, -0.15) is 0 Å². The Bertz CT molecular complexity index is 697. The molecule has 0 aromatic heterocycles. The Morgan fingerprint density at radius 1 is 1.13 bits per heavy atom. The van der Waals surface area contributed by atoms with Crippen LogP contribution in [-0.2, 0) is 6.61 Å². The molecule has 1 heterocycles. The van der Waals surface area contributed by atoms with E-state index in [4.69, 9.17) is 4.74 Å². The van der Waals surface area contributed by atoms with E-state index in [2.05, 4.69) is 15.9 Å². The maximum Gasteiger partial charge on any atom is 0.253 e. The molecule has 120 valence electrons. The summed E-state index contributed by atoms with van der Waals surface area (Å²) in [6.45, 7) is 2.06. The Morgan fingerprint density at radius 2 is 1.83 bits per heavy atom. The van der Waals surface area contributed by atoms with Crippen LogP contribution in [0.3, 0.4) is 0 Å². The molecule has 0 N–H and O–H groups in total. The van der Waals surface area contributed by atoms with Gasteiger partial charge in [-0.3, -0.25) is 4.79 Å². The molecule has 3 nitrogen and oxygen atoms in total. The van der Waals surface area contributed by atoms with Crippen molar-refractivity contribution in [3.8, 4) is 5.75 Å². The molecule has 1 amide bonds. The Labute approximate surface area is 143 Å². The zero-order chi connectivity index (χ0) is 16.2. The number of carbonyl (C=O) groups is 1. The Kier molecular flexibility index (Phi) is 4.96. The fraction of sp³-hybridized carbons (Fsp3) is 0.278. The molecule has 0 radical (unpaired) electrons. The molecule has 1 aliphatic heterocycles. The van der Waals surface area contributed by atoms with Gasteiger partial charge in [0.1, 0.15) is 18.2 Å². The van der Waals surface area contributed by atoms with Crippen LogP contribution in [0.1, 0.15) is 28.8 Å². The van der Waals surface area contributed by atoms with Gasteiger partial charge in [0.05, 0.1) is 4.47 Å². The first-order valence-corrected chi connectivity index (χ1v) is 8.39. The summed E-state index contributed by atoms with van der Waals surface area (Å²) in [6.07, 6.45) is 2.18. The van der Waals surface area contributed by atoms with Crippen molar-refractivity contribution in [1.29, 1.82) is 0 Å². The molecule has 5 heteroatoms. The molecule has 0 spiro atoms. The standard InChI is InChI=1S/C18H17BrFNO2/c19-16-11-15(20)7-8-17(16)23-12-13-3-5-14(6-4-13)18(22)21-9-1-2-10-21/h3-8,11H,1-2,9-10,12H2. The summed E-state index contributed by atoms with van der Waals surface area (Å²) in [5, 5.41) is 0. The lowest BCUT2D eigenvalue weighted by atomic mass is 10.1. The molecule has 1 fully saturated rings. The lowest BCUT2D eigenvalue weighted by Gasteiger charge is -2.15. The minimum absolute atomic E-state index is 0.0937. The number of nitrogens with zero attached hydrogens (tertiary/aromatic N) is 1. The second-order valence-electron chi connectivity index (χ2n) is 5.56. The monoisotopic (exact) mass is 377 g/mol. The first kappa shape index (κ1) is 16.0. The molecule has 1 aliphatic rings. The highest BCUT2D eigenvalue weighted by Crippen LogP contribution is 2.26. The quantitative estimate of drug-likeness (QED) is 0.789. The third-order valence-corrected chi connectivity index (χ3v) is 4.50. The maximum atomic E-state index is 13.0. The molecule has 0 saturated carbocycles. The summed E-state index contributed by atoms with van der Waals surface area (Å²) in [4.78, 5) is 14.2. The van der Waals surface area contributed by atoms with Crippen molar-refractivity contribution < 1.29 is 13.9 Å². The van der Waals surface area contributed by atoms with Crippen LogP contribution in [0.2, 0.25) is 0 Å². The van der Waals surface area contributed by atoms with Gasteiger partial charge in [0, 0.05) is 18.7 Å². The van der Waals surface area contributed by atoms with E-state index in [1.807, 2.05) is 29.2 Å². The average molecular weight is 378 g/mol. The van der Waals surface area contributed by atoms with Gasteiger partial charge in [-0.15, -0.1) is 0 Å². The van der Waals surface area contributed by atoms with Crippen LogP contribution in [-0.4, -0.2) is 23.9 Å². The van der Waals surface area contributed by atoms with Crippen LogP contribution in [0.25, 0.3) is 0 Å². The van der Waals surface area contributed by atoms with Crippen molar-refractivity contribution in [2.45, 2.75) is 19.4 Å². The van der Waals surface area contributed by atoms with Crippen molar-refractivity contribution in [2.75, 3.05) is 13.1 Å². The van der Waals surface area contributed by atoms with Crippen molar-refractivity contribution in [3.63, 3.8) is 0 Å². The topological polar surface area (TPSA) is 29.5 Å². The number of amides is 1. The number of carbonyl (C=O) groups excluding carboxylic acids is 1. The van der Waals surface area contributed by atoms with Crippen LogP contribution in [0.4, 0.5) is 4.39 Å². The first-order chi connectivity index (χ1) is 11.1. The van der Waals surface area contributed by atoms with Crippen molar-refractivity contribution in [3.05, 3.63) is 63.9 Å². The van der Waals surface area contributed by atoms with Crippen LogP contribution >= 0.6 is 15.9 Å². The van der Waals surface area contributed by atoms with Gasteiger partial charge < -0.3 is 9.64 Å². The third kappa shape index (κ3) is 3.91. The molecule has 2 aromatic carbocycles. The van der Waals surface area contributed by atoms with Crippen molar-refractivity contribution in [1.82, 2.24) is 4.90 Å². The van der Waals surface area contributed by atoms with Gasteiger partial charge in [0.2, 0.25) is 0 Å². The normalized spacial score (nSPS) is 14.1. The zero-order valence-electron chi connectivity index (χ0n) is 12.6. The Balaban J connectivity index is 1.62.